The van der Waals surface area contributed by atoms with E-state index in [1.54, 1.807) is 13.8 Å². The maximum absolute atomic E-state index is 14.1. The minimum absolute atomic E-state index is 0.0889. The van der Waals surface area contributed by atoms with Gasteiger partial charge in [0.15, 0.2) is 12.2 Å². The molecule has 1 aromatic heterocycles. The summed E-state index contributed by atoms with van der Waals surface area (Å²) in [7, 11) is 0. The fraction of sp³-hybridized carbons (Fsp3) is 0.611. The van der Waals surface area contributed by atoms with Crippen molar-refractivity contribution in [1.82, 2.24) is 9.78 Å². The maximum Gasteiger partial charge on any atom is 0.306 e. The van der Waals surface area contributed by atoms with Crippen molar-refractivity contribution >= 4 is 35.4 Å². The van der Waals surface area contributed by atoms with Gasteiger partial charge in [-0.2, -0.15) is 5.10 Å². The number of aromatic nitrogens is 2. The van der Waals surface area contributed by atoms with Crippen molar-refractivity contribution in [2.45, 2.75) is 97.1 Å². The van der Waals surface area contributed by atoms with Crippen molar-refractivity contribution in [3.63, 3.8) is 0 Å². The average molecular weight is 637 g/mol. The third kappa shape index (κ3) is 4.81. The van der Waals surface area contributed by atoms with Crippen LogP contribution in [0.5, 0.6) is 0 Å². The molecular formula is C36H45ClN2O6. The molecule has 8 nitrogen and oxygen atoms in total. The molecule has 0 spiro atoms. The first-order chi connectivity index (χ1) is 21.3. The highest BCUT2D eigenvalue weighted by Crippen LogP contribution is 2.70. The molecule has 4 aliphatic carbocycles. The Kier molecular flexibility index (Phi) is 8.09. The Morgan fingerprint density at radius 3 is 2.47 bits per heavy atom. The lowest BCUT2D eigenvalue weighted by Crippen LogP contribution is -2.66. The minimum atomic E-state index is -1.53. The number of fused-ring (bicyclic) bond motifs is 6. The number of ketones is 1. The highest BCUT2D eigenvalue weighted by molar-refractivity contribution is 6.21. The lowest BCUT2D eigenvalue weighted by molar-refractivity contribution is -0.207. The number of carbonyl (C=O) groups excluding carboxylic acids is 3. The van der Waals surface area contributed by atoms with Crippen molar-refractivity contribution in [3.8, 4) is 5.69 Å². The van der Waals surface area contributed by atoms with E-state index in [2.05, 4.69) is 50.4 Å². The predicted octanol–water partition coefficient (Wildman–Crippen LogP) is 6.01. The first-order valence-electron chi connectivity index (χ1n) is 16.4. The van der Waals surface area contributed by atoms with E-state index in [4.69, 9.17) is 26.2 Å². The van der Waals surface area contributed by atoms with E-state index in [-0.39, 0.29) is 53.7 Å². The number of aryl methyl sites for hydroxylation is 1. The van der Waals surface area contributed by atoms with Crippen molar-refractivity contribution in [1.29, 1.82) is 0 Å². The minimum Gasteiger partial charge on any atom is -0.457 e. The van der Waals surface area contributed by atoms with E-state index >= 15 is 0 Å². The van der Waals surface area contributed by atoms with Gasteiger partial charge >= 0.3 is 11.9 Å². The highest BCUT2D eigenvalue weighted by Gasteiger charge is 2.74. The van der Waals surface area contributed by atoms with E-state index in [1.807, 2.05) is 18.5 Å². The number of nitrogens with zero attached hydrogens (tertiary/aromatic N) is 2. The average Bonchev–Trinajstić information content (AvgIpc) is 3.50. The zero-order valence-corrected chi connectivity index (χ0v) is 27.9. The Hall–Kier alpha value is -2.97. The van der Waals surface area contributed by atoms with Gasteiger partial charge < -0.3 is 14.6 Å². The molecule has 9 heteroatoms. The molecule has 0 unspecified atom stereocenters. The Labute approximate surface area is 270 Å². The SMILES string of the molecule is CCC(=O)OCC(=O)[C@]1(OC(=O)CC)[C@H](C)C[C@H]2[C@H]3[C@H]([C@@H](O)C[C@@]21C)[C@@]1(C)Cc2cn(-c4ccc(C)cc4)nc2C=C1C[C@H]3Cl. The summed E-state index contributed by atoms with van der Waals surface area (Å²) >= 11 is 7.34. The second kappa shape index (κ2) is 11.4. The third-order valence-corrected chi connectivity index (χ3v) is 12.3. The zero-order chi connectivity index (χ0) is 32.5. The van der Waals surface area contributed by atoms with Crippen molar-refractivity contribution in [3.05, 3.63) is 52.9 Å². The molecule has 0 amide bonds. The summed E-state index contributed by atoms with van der Waals surface area (Å²) in [4.78, 5) is 39.1. The summed E-state index contributed by atoms with van der Waals surface area (Å²) in [5.74, 6) is -2.11. The van der Waals surface area contributed by atoms with Crippen LogP contribution in [0.25, 0.3) is 11.8 Å². The molecule has 1 aromatic carbocycles. The summed E-state index contributed by atoms with van der Waals surface area (Å²) < 4.78 is 13.4. The number of esters is 2. The van der Waals surface area contributed by atoms with Gasteiger partial charge in [0.2, 0.25) is 5.78 Å². The molecule has 9 atom stereocenters. The Morgan fingerprint density at radius 1 is 1.11 bits per heavy atom. The van der Waals surface area contributed by atoms with Crippen LogP contribution in [-0.2, 0) is 30.3 Å². The van der Waals surface area contributed by atoms with Crippen LogP contribution in [0, 0.1) is 41.4 Å². The molecule has 0 saturated heterocycles. The Morgan fingerprint density at radius 2 is 1.80 bits per heavy atom. The lowest BCUT2D eigenvalue weighted by atomic mass is 9.45. The number of aliphatic hydroxyl groups is 1. The molecule has 1 N–H and O–H groups in total. The van der Waals surface area contributed by atoms with Crippen molar-refractivity contribution in [2.24, 2.45) is 34.5 Å². The van der Waals surface area contributed by atoms with Crippen LogP contribution in [-0.4, -0.2) is 56.3 Å². The van der Waals surface area contributed by atoms with E-state index in [1.165, 1.54) is 11.1 Å². The van der Waals surface area contributed by atoms with E-state index in [0.29, 0.717) is 12.8 Å². The van der Waals surface area contributed by atoms with Crippen LogP contribution in [0.4, 0.5) is 0 Å². The van der Waals surface area contributed by atoms with Crippen LogP contribution in [0.15, 0.2) is 36.0 Å². The number of allylic oxidation sites excluding steroid dienone is 1. The molecule has 6 rings (SSSR count). The summed E-state index contributed by atoms with van der Waals surface area (Å²) in [5.41, 5.74) is 2.66. The molecule has 3 fully saturated rings. The van der Waals surface area contributed by atoms with Gasteiger partial charge in [-0.1, -0.05) is 57.9 Å². The highest BCUT2D eigenvalue weighted by atomic mass is 35.5. The van der Waals surface area contributed by atoms with Crippen molar-refractivity contribution in [2.75, 3.05) is 6.61 Å². The molecule has 4 aliphatic rings. The number of hydrogen-bond donors (Lipinski definition) is 1. The van der Waals surface area contributed by atoms with Gasteiger partial charge in [-0.15, -0.1) is 11.6 Å². The zero-order valence-electron chi connectivity index (χ0n) is 27.1. The predicted molar refractivity (Wildman–Crippen MR) is 171 cm³/mol. The molecule has 3 saturated carbocycles. The van der Waals surface area contributed by atoms with E-state index in [0.717, 1.165) is 23.4 Å². The van der Waals surface area contributed by atoms with Crippen LogP contribution in [0.1, 0.15) is 83.5 Å². The van der Waals surface area contributed by atoms with Gasteiger partial charge in [-0.25, -0.2) is 4.68 Å². The summed E-state index contributed by atoms with van der Waals surface area (Å²) in [6.45, 7) is 11.1. The number of aliphatic hydroxyl groups excluding tert-OH is 1. The number of rotatable bonds is 7. The van der Waals surface area contributed by atoms with Crippen molar-refractivity contribution < 1.29 is 29.0 Å². The van der Waals surface area contributed by atoms with Gasteiger partial charge in [0.05, 0.1) is 17.5 Å². The van der Waals surface area contributed by atoms with Crippen LogP contribution in [0.2, 0.25) is 0 Å². The quantitative estimate of drug-likeness (QED) is 0.293. The molecule has 45 heavy (non-hydrogen) atoms. The number of benzene rings is 1. The lowest BCUT2D eigenvalue weighted by Gasteiger charge is -2.61. The summed E-state index contributed by atoms with van der Waals surface area (Å²) in [6.07, 6.45) is 5.98. The van der Waals surface area contributed by atoms with Gasteiger partial charge in [0.1, 0.15) is 0 Å². The molecular weight excluding hydrogens is 592 g/mol. The number of hydrogen-bond acceptors (Lipinski definition) is 7. The Balaban J connectivity index is 1.37. The third-order valence-electron chi connectivity index (χ3n) is 11.8. The largest absolute Gasteiger partial charge is 0.457 e. The smallest absolute Gasteiger partial charge is 0.306 e. The second-order valence-electron chi connectivity index (χ2n) is 14.3. The molecule has 1 heterocycles. The van der Waals surface area contributed by atoms with Gasteiger partial charge in [0.25, 0.3) is 0 Å². The molecule has 242 valence electrons. The van der Waals surface area contributed by atoms with Crippen LogP contribution >= 0.6 is 11.6 Å². The van der Waals surface area contributed by atoms with E-state index in [9.17, 15) is 19.5 Å². The van der Waals surface area contributed by atoms with Crippen LogP contribution in [0.3, 0.4) is 0 Å². The normalized spacial score (nSPS) is 36.6. The summed E-state index contributed by atoms with van der Waals surface area (Å²) in [5, 5.41) is 16.8. The summed E-state index contributed by atoms with van der Waals surface area (Å²) in [6, 6.07) is 8.28. The number of halogens is 1. The second-order valence-corrected chi connectivity index (χ2v) is 14.9. The monoisotopic (exact) mass is 636 g/mol. The molecule has 0 bridgehead atoms. The number of ether oxygens (including phenoxy) is 2. The Bertz CT molecular complexity index is 1550. The standard InChI is InChI=1S/C36H45ClN2O6/c1-7-30(42)44-19-29(41)36(45-31(43)8-2)21(4)13-25-32-26(37)14-23-15-27-22(18-39(38-27)24-11-9-20(3)10-12-24)16-34(23,5)33(32)28(40)17-35(25,36)6/h9-12,15,18,21,25-26,28,32-33,40H,7-8,13-14,16-17,19H2,1-6H3/t21-,25+,26-,28+,32-,33+,34+,35+,36-/m1/s1. The fourth-order valence-corrected chi connectivity index (χ4v) is 10.2. The molecule has 2 aromatic rings. The molecule has 0 radical (unpaired) electrons. The van der Waals surface area contributed by atoms with Gasteiger partial charge in [-0.3, -0.25) is 14.4 Å². The van der Waals surface area contributed by atoms with Crippen LogP contribution < -0.4 is 0 Å². The first kappa shape index (κ1) is 32.0. The topological polar surface area (TPSA) is 108 Å². The maximum atomic E-state index is 14.1. The molecule has 0 aliphatic heterocycles. The van der Waals surface area contributed by atoms with E-state index < -0.39 is 41.4 Å². The fourth-order valence-electron chi connectivity index (χ4n) is 9.72. The number of carbonyl (C=O) groups is 3. The van der Waals surface area contributed by atoms with Gasteiger partial charge in [-0.05, 0) is 79.5 Å². The number of Topliss-reactive ketones (excluding diaryl/α,β-unsaturated/α-hetero) is 1. The van der Waals surface area contributed by atoms with Gasteiger partial charge in [0, 0.05) is 35.7 Å². The number of alkyl halides is 1. The first-order valence-corrected chi connectivity index (χ1v) is 16.8.